The molecular weight excluding hydrogens is 288 g/mol. The summed E-state index contributed by atoms with van der Waals surface area (Å²) in [7, 11) is 0. The number of hydrogen-bond donors (Lipinski definition) is 1. The number of rotatable bonds is 4. The lowest BCUT2D eigenvalue weighted by Gasteiger charge is -2.32. The van der Waals surface area contributed by atoms with Gasteiger partial charge in [0.15, 0.2) is 0 Å². The van der Waals surface area contributed by atoms with E-state index < -0.39 is 0 Å². The molecule has 0 aliphatic carbocycles. The van der Waals surface area contributed by atoms with Gasteiger partial charge in [0.2, 0.25) is 0 Å². The molecule has 4 heterocycles. The lowest BCUT2D eigenvalue weighted by molar-refractivity contribution is 0.205. The normalized spacial score (nSPS) is 19.5. The first-order valence-electron chi connectivity index (χ1n) is 8.67. The fraction of sp³-hybridized carbons (Fsp3) is 0.588. The minimum absolute atomic E-state index is 0.514. The number of nitrogens with one attached hydrogen (secondary N) is 1. The Balaban J connectivity index is 1.31. The molecule has 0 spiro atoms. The molecule has 0 atom stereocenters. The second-order valence-corrected chi connectivity index (χ2v) is 6.56. The lowest BCUT2D eigenvalue weighted by Crippen LogP contribution is -2.39. The zero-order valence-corrected chi connectivity index (χ0v) is 13.5. The van der Waals surface area contributed by atoms with Crippen LogP contribution in [-0.2, 0) is 19.5 Å². The average Bonchev–Trinajstić information content (AvgIpc) is 3.01. The number of likely N-dealkylation sites (tertiary alicyclic amines) is 1. The highest BCUT2D eigenvalue weighted by atomic mass is 15.2. The van der Waals surface area contributed by atoms with Gasteiger partial charge in [-0.3, -0.25) is 4.90 Å². The van der Waals surface area contributed by atoms with Crippen molar-refractivity contribution in [1.82, 2.24) is 24.4 Å². The van der Waals surface area contributed by atoms with Crippen molar-refractivity contribution in [3.63, 3.8) is 0 Å². The minimum atomic E-state index is 0.514. The number of aromatic nitrogens is 4. The first kappa shape index (κ1) is 14.6. The largest absolute Gasteiger partial charge is 0.367 e. The van der Waals surface area contributed by atoms with Gasteiger partial charge < -0.3 is 9.88 Å². The molecule has 2 aromatic heterocycles. The van der Waals surface area contributed by atoms with E-state index in [1.807, 2.05) is 6.07 Å². The van der Waals surface area contributed by atoms with Crippen LogP contribution in [0.2, 0.25) is 0 Å². The van der Waals surface area contributed by atoms with E-state index in [0.29, 0.717) is 6.04 Å². The fourth-order valence-corrected chi connectivity index (χ4v) is 3.66. The summed E-state index contributed by atoms with van der Waals surface area (Å²) in [5, 5.41) is 3.51. The molecule has 2 aromatic rings. The van der Waals surface area contributed by atoms with Crippen molar-refractivity contribution in [2.75, 3.05) is 18.4 Å². The molecule has 0 bridgehead atoms. The number of fused-ring (bicyclic) bond motifs is 1. The van der Waals surface area contributed by atoms with E-state index in [1.165, 1.54) is 24.4 Å². The van der Waals surface area contributed by atoms with E-state index in [2.05, 4.69) is 35.9 Å². The van der Waals surface area contributed by atoms with Crippen LogP contribution in [0.3, 0.4) is 0 Å². The van der Waals surface area contributed by atoms with Crippen molar-refractivity contribution in [2.24, 2.45) is 0 Å². The van der Waals surface area contributed by atoms with Crippen LogP contribution in [-0.4, -0.2) is 43.6 Å². The van der Waals surface area contributed by atoms with Gasteiger partial charge in [-0.1, -0.05) is 0 Å². The first-order chi connectivity index (χ1) is 11.4. The highest BCUT2D eigenvalue weighted by Gasteiger charge is 2.21. The number of anilines is 1. The standard InChI is InChI=1S/C17H24N6/c1-2-8-23-15(11-19-17(23)3-1)12-22-9-5-14(6-10-22)21-16-4-7-18-13-20-16/h4,7,11,13-14H,1-3,5-6,8-10,12H2,(H,18,20,21). The SMILES string of the molecule is c1cc(NC2CCN(Cc3cnc4n3CCCC4)CC2)ncn1. The van der Waals surface area contributed by atoms with E-state index in [1.54, 1.807) is 12.5 Å². The third kappa shape index (κ3) is 3.37. The van der Waals surface area contributed by atoms with Crippen LogP contribution in [0, 0.1) is 0 Å². The van der Waals surface area contributed by atoms with Gasteiger partial charge in [-0.25, -0.2) is 15.0 Å². The lowest BCUT2D eigenvalue weighted by atomic mass is 10.0. The highest BCUT2D eigenvalue weighted by Crippen LogP contribution is 2.20. The van der Waals surface area contributed by atoms with E-state index in [9.17, 15) is 0 Å². The Morgan fingerprint density at radius 1 is 1.13 bits per heavy atom. The highest BCUT2D eigenvalue weighted by molar-refractivity contribution is 5.33. The number of imidazole rings is 1. The van der Waals surface area contributed by atoms with Gasteiger partial charge in [0, 0.05) is 51.0 Å². The van der Waals surface area contributed by atoms with E-state index in [4.69, 9.17) is 0 Å². The molecule has 0 amide bonds. The molecule has 0 saturated carbocycles. The Labute approximate surface area is 137 Å². The van der Waals surface area contributed by atoms with Gasteiger partial charge >= 0.3 is 0 Å². The molecule has 0 aromatic carbocycles. The molecule has 6 heteroatoms. The molecule has 1 saturated heterocycles. The molecule has 1 N–H and O–H groups in total. The molecule has 23 heavy (non-hydrogen) atoms. The smallest absolute Gasteiger partial charge is 0.129 e. The molecule has 4 rings (SSSR count). The summed E-state index contributed by atoms with van der Waals surface area (Å²) in [6, 6.07) is 2.45. The summed E-state index contributed by atoms with van der Waals surface area (Å²) >= 11 is 0. The summed E-state index contributed by atoms with van der Waals surface area (Å²) in [6.07, 6.45) is 11.5. The van der Waals surface area contributed by atoms with Crippen molar-refractivity contribution in [3.8, 4) is 0 Å². The molecule has 0 radical (unpaired) electrons. The van der Waals surface area contributed by atoms with Gasteiger partial charge in [0.25, 0.3) is 0 Å². The number of nitrogens with zero attached hydrogens (tertiary/aromatic N) is 5. The molecule has 2 aliphatic heterocycles. The first-order valence-corrected chi connectivity index (χ1v) is 8.67. The molecule has 2 aliphatic rings. The Kier molecular flexibility index (Phi) is 4.24. The van der Waals surface area contributed by atoms with Crippen molar-refractivity contribution in [2.45, 2.75) is 51.2 Å². The second kappa shape index (κ2) is 6.66. The Morgan fingerprint density at radius 3 is 2.87 bits per heavy atom. The molecule has 1 fully saturated rings. The predicted octanol–water partition coefficient (Wildman–Crippen LogP) is 2.09. The quantitative estimate of drug-likeness (QED) is 0.937. The van der Waals surface area contributed by atoms with Crippen LogP contribution in [0.15, 0.2) is 24.8 Å². The zero-order chi connectivity index (χ0) is 15.5. The molecular formula is C17H24N6. The van der Waals surface area contributed by atoms with Crippen LogP contribution in [0.4, 0.5) is 5.82 Å². The fourth-order valence-electron chi connectivity index (χ4n) is 3.66. The Morgan fingerprint density at radius 2 is 2.04 bits per heavy atom. The van der Waals surface area contributed by atoms with Crippen LogP contribution in [0.25, 0.3) is 0 Å². The predicted molar refractivity (Wildman–Crippen MR) is 89.1 cm³/mol. The number of aryl methyl sites for hydroxylation is 1. The van der Waals surface area contributed by atoms with Gasteiger partial charge in [0.05, 0.1) is 5.69 Å². The van der Waals surface area contributed by atoms with E-state index in [-0.39, 0.29) is 0 Å². The van der Waals surface area contributed by atoms with Crippen LogP contribution in [0.5, 0.6) is 0 Å². The van der Waals surface area contributed by atoms with Gasteiger partial charge in [0.1, 0.15) is 18.0 Å². The van der Waals surface area contributed by atoms with Crippen molar-refractivity contribution in [1.29, 1.82) is 0 Å². The van der Waals surface area contributed by atoms with Gasteiger partial charge in [-0.15, -0.1) is 0 Å². The number of piperidine rings is 1. The van der Waals surface area contributed by atoms with E-state index >= 15 is 0 Å². The summed E-state index contributed by atoms with van der Waals surface area (Å²) in [6.45, 7) is 4.44. The van der Waals surface area contributed by atoms with Crippen molar-refractivity contribution in [3.05, 3.63) is 36.3 Å². The third-order valence-electron chi connectivity index (χ3n) is 4.96. The molecule has 6 nitrogen and oxygen atoms in total. The summed E-state index contributed by atoms with van der Waals surface area (Å²) in [5.41, 5.74) is 1.39. The maximum atomic E-state index is 4.60. The average molecular weight is 312 g/mol. The van der Waals surface area contributed by atoms with E-state index in [0.717, 1.165) is 51.3 Å². The van der Waals surface area contributed by atoms with Gasteiger partial charge in [-0.05, 0) is 31.7 Å². The van der Waals surface area contributed by atoms with Crippen LogP contribution >= 0.6 is 0 Å². The molecule has 0 unspecified atom stereocenters. The summed E-state index contributed by atoms with van der Waals surface area (Å²) in [4.78, 5) is 15.4. The third-order valence-corrected chi connectivity index (χ3v) is 4.96. The van der Waals surface area contributed by atoms with Gasteiger partial charge in [-0.2, -0.15) is 0 Å². The van der Waals surface area contributed by atoms with Crippen LogP contribution in [0.1, 0.15) is 37.2 Å². The molecule has 122 valence electrons. The second-order valence-electron chi connectivity index (χ2n) is 6.56. The number of hydrogen-bond acceptors (Lipinski definition) is 5. The minimum Gasteiger partial charge on any atom is -0.367 e. The summed E-state index contributed by atoms with van der Waals surface area (Å²) < 4.78 is 2.44. The Hall–Kier alpha value is -1.95. The topological polar surface area (TPSA) is 58.9 Å². The van der Waals surface area contributed by atoms with Crippen molar-refractivity contribution >= 4 is 5.82 Å². The monoisotopic (exact) mass is 312 g/mol. The maximum absolute atomic E-state index is 4.60. The summed E-state index contributed by atoms with van der Waals surface area (Å²) in [5.74, 6) is 2.22. The Bertz CT molecular complexity index is 630. The maximum Gasteiger partial charge on any atom is 0.129 e. The van der Waals surface area contributed by atoms with Crippen molar-refractivity contribution < 1.29 is 0 Å². The zero-order valence-electron chi connectivity index (χ0n) is 13.5. The van der Waals surface area contributed by atoms with Crippen LogP contribution < -0.4 is 5.32 Å².